The molecule has 25 heavy (non-hydrogen) atoms. The van der Waals surface area contributed by atoms with E-state index < -0.39 is 0 Å². The van der Waals surface area contributed by atoms with Crippen LogP contribution in [0.1, 0.15) is 35.8 Å². The summed E-state index contributed by atoms with van der Waals surface area (Å²) in [5, 5.41) is 11.2. The summed E-state index contributed by atoms with van der Waals surface area (Å²) in [6, 6.07) is 11.2. The zero-order valence-corrected chi connectivity index (χ0v) is 14.7. The van der Waals surface area contributed by atoms with Crippen molar-refractivity contribution in [3.63, 3.8) is 0 Å². The quantitative estimate of drug-likeness (QED) is 0.906. The van der Waals surface area contributed by atoms with Gasteiger partial charge >= 0.3 is 0 Å². The normalized spacial score (nSPS) is 17.2. The number of nitrogens with zero attached hydrogens (tertiary/aromatic N) is 3. The third kappa shape index (κ3) is 4.26. The van der Waals surface area contributed by atoms with Crippen LogP contribution < -0.4 is 15.0 Å². The Morgan fingerprint density at radius 1 is 1.28 bits per heavy atom. The summed E-state index contributed by atoms with van der Waals surface area (Å²) in [5.41, 5.74) is 1.24. The molecule has 132 valence electrons. The molecule has 1 amide bonds. The van der Waals surface area contributed by atoms with Crippen molar-refractivity contribution in [1.82, 2.24) is 15.5 Å². The number of amides is 1. The average molecular weight is 340 g/mol. The van der Waals surface area contributed by atoms with Crippen molar-refractivity contribution in [1.29, 1.82) is 0 Å². The maximum absolute atomic E-state index is 12.3. The standard InChI is InChI=1S/C19H24N4O2/c1-14-6-5-11-23(13-14)18-10-9-16(21-22-18)19(24)20-12-15-7-3-4-8-17(15)25-2/h3-4,7-10,14H,5-6,11-13H2,1-2H3,(H,20,24). The molecule has 6 heteroatoms. The minimum Gasteiger partial charge on any atom is -0.496 e. The maximum atomic E-state index is 12.3. The van der Waals surface area contributed by atoms with Gasteiger partial charge in [0.05, 0.1) is 7.11 Å². The number of piperidine rings is 1. The van der Waals surface area contributed by atoms with Crippen molar-refractivity contribution in [3.05, 3.63) is 47.7 Å². The molecule has 1 unspecified atom stereocenters. The van der Waals surface area contributed by atoms with Gasteiger partial charge < -0.3 is 15.0 Å². The first kappa shape index (κ1) is 17.2. The first-order valence-corrected chi connectivity index (χ1v) is 8.66. The number of hydrogen-bond acceptors (Lipinski definition) is 5. The van der Waals surface area contributed by atoms with E-state index in [1.165, 1.54) is 12.8 Å². The predicted molar refractivity (Wildman–Crippen MR) is 96.8 cm³/mol. The first-order valence-electron chi connectivity index (χ1n) is 8.66. The molecule has 0 aliphatic carbocycles. The minimum atomic E-state index is -0.239. The van der Waals surface area contributed by atoms with Gasteiger partial charge in [0, 0.05) is 25.2 Å². The molecule has 2 aromatic rings. The van der Waals surface area contributed by atoms with Crippen molar-refractivity contribution in [2.24, 2.45) is 5.92 Å². The Morgan fingerprint density at radius 3 is 2.84 bits per heavy atom. The van der Waals surface area contributed by atoms with E-state index in [4.69, 9.17) is 4.74 Å². The molecule has 0 spiro atoms. The Bertz CT molecular complexity index is 718. The van der Waals surface area contributed by atoms with Gasteiger partial charge in [-0.05, 0) is 37.0 Å². The van der Waals surface area contributed by atoms with Crippen LogP contribution >= 0.6 is 0 Å². The molecule has 0 radical (unpaired) electrons. The van der Waals surface area contributed by atoms with E-state index in [2.05, 4.69) is 27.3 Å². The zero-order valence-electron chi connectivity index (χ0n) is 14.7. The van der Waals surface area contributed by atoms with Crippen LogP contribution in [0.2, 0.25) is 0 Å². The number of methoxy groups -OCH3 is 1. The lowest BCUT2D eigenvalue weighted by molar-refractivity contribution is 0.0944. The van der Waals surface area contributed by atoms with Crippen LogP contribution in [0.15, 0.2) is 36.4 Å². The third-order valence-electron chi connectivity index (χ3n) is 4.50. The SMILES string of the molecule is COc1ccccc1CNC(=O)c1ccc(N2CCCC(C)C2)nn1. The predicted octanol–water partition coefficient (Wildman–Crippen LogP) is 2.65. The molecule has 6 nitrogen and oxygen atoms in total. The Hall–Kier alpha value is -2.63. The van der Waals surface area contributed by atoms with Crippen LogP contribution in [-0.4, -0.2) is 36.3 Å². The lowest BCUT2D eigenvalue weighted by atomic mass is 10.0. The number of aromatic nitrogens is 2. The van der Waals surface area contributed by atoms with E-state index in [0.717, 1.165) is 30.2 Å². The van der Waals surface area contributed by atoms with E-state index in [1.807, 2.05) is 30.3 Å². The van der Waals surface area contributed by atoms with Gasteiger partial charge in [0.25, 0.3) is 5.91 Å². The van der Waals surface area contributed by atoms with E-state index in [9.17, 15) is 4.79 Å². The van der Waals surface area contributed by atoms with Gasteiger partial charge in [0.15, 0.2) is 11.5 Å². The van der Waals surface area contributed by atoms with Crippen molar-refractivity contribution >= 4 is 11.7 Å². The highest BCUT2D eigenvalue weighted by Gasteiger charge is 2.18. The fourth-order valence-electron chi connectivity index (χ4n) is 3.13. The Morgan fingerprint density at radius 2 is 2.12 bits per heavy atom. The molecule has 1 saturated heterocycles. The number of carbonyl (C=O) groups is 1. The molecule has 3 rings (SSSR count). The highest BCUT2D eigenvalue weighted by atomic mass is 16.5. The molecular weight excluding hydrogens is 316 g/mol. The lowest BCUT2D eigenvalue weighted by Crippen LogP contribution is -2.35. The Balaban J connectivity index is 1.61. The summed E-state index contributed by atoms with van der Waals surface area (Å²) >= 11 is 0. The number of anilines is 1. The number of rotatable bonds is 5. The van der Waals surface area contributed by atoms with Gasteiger partial charge in [-0.25, -0.2) is 0 Å². The van der Waals surface area contributed by atoms with E-state index in [-0.39, 0.29) is 5.91 Å². The third-order valence-corrected chi connectivity index (χ3v) is 4.50. The molecule has 1 aliphatic heterocycles. The minimum absolute atomic E-state index is 0.239. The van der Waals surface area contributed by atoms with Gasteiger partial charge in [-0.3, -0.25) is 4.79 Å². The summed E-state index contributed by atoms with van der Waals surface area (Å²) in [5.74, 6) is 2.02. The fraction of sp³-hybridized carbons (Fsp3) is 0.421. The van der Waals surface area contributed by atoms with Crippen molar-refractivity contribution in [3.8, 4) is 5.75 Å². The molecule has 1 atom stereocenters. The largest absolute Gasteiger partial charge is 0.496 e. The number of carbonyl (C=O) groups excluding carboxylic acids is 1. The fourth-order valence-corrected chi connectivity index (χ4v) is 3.13. The van der Waals surface area contributed by atoms with E-state index >= 15 is 0 Å². The molecule has 2 heterocycles. The van der Waals surface area contributed by atoms with E-state index in [1.54, 1.807) is 13.2 Å². The summed E-state index contributed by atoms with van der Waals surface area (Å²) in [7, 11) is 1.62. The number of para-hydroxylation sites is 1. The zero-order chi connectivity index (χ0) is 17.6. The molecule has 1 aliphatic rings. The van der Waals surface area contributed by atoms with Crippen LogP contribution in [0, 0.1) is 5.92 Å². The van der Waals surface area contributed by atoms with Gasteiger partial charge in [-0.1, -0.05) is 25.1 Å². The van der Waals surface area contributed by atoms with Crippen LogP contribution in [-0.2, 0) is 6.54 Å². The number of ether oxygens (including phenoxy) is 1. The summed E-state index contributed by atoms with van der Waals surface area (Å²) in [6.45, 7) is 4.63. The van der Waals surface area contributed by atoms with Crippen molar-refractivity contribution in [2.45, 2.75) is 26.3 Å². The van der Waals surface area contributed by atoms with Crippen molar-refractivity contribution in [2.75, 3.05) is 25.1 Å². The molecule has 1 aromatic heterocycles. The Labute approximate surface area is 148 Å². The first-order chi connectivity index (χ1) is 12.2. The van der Waals surface area contributed by atoms with Gasteiger partial charge in [-0.15, -0.1) is 10.2 Å². The monoisotopic (exact) mass is 340 g/mol. The highest BCUT2D eigenvalue weighted by molar-refractivity contribution is 5.92. The number of hydrogen-bond donors (Lipinski definition) is 1. The van der Waals surface area contributed by atoms with Crippen LogP contribution in [0.3, 0.4) is 0 Å². The molecule has 1 fully saturated rings. The second-order valence-electron chi connectivity index (χ2n) is 6.46. The topological polar surface area (TPSA) is 67.3 Å². The van der Waals surface area contributed by atoms with Gasteiger partial charge in [0.2, 0.25) is 0 Å². The highest BCUT2D eigenvalue weighted by Crippen LogP contribution is 2.20. The summed E-state index contributed by atoms with van der Waals surface area (Å²) in [4.78, 5) is 14.5. The summed E-state index contributed by atoms with van der Waals surface area (Å²) < 4.78 is 5.29. The Kier molecular flexibility index (Phi) is 5.48. The van der Waals surface area contributed by atoms with Crippen LogP contribution in [0.25, 0.3) is 0 Å². The second-order valence-corrected chi connectivity index (χ2v) is 6.46. The van der Waals surface area contributed by atoms with Crippen LogP contribution in [0.5, 0.6) is 5.75 Å². The molecule has 1 aromatic carbocycles. The number of benzene rings is 1. The lowest BCUT2D eigenvalue weighted by Gasteiger charge is -2.31. The van der Waals surface area contributed by atoms with Crippen molar-refractivity contribution < 1.29 is 9.53 Å². The van der Waals surface area contributed by atoms with Gasteiger partial charge in [0.1, 0.15) is 5.75 Å². The summed E-state index contributed by atoms with van der Waals surface area (Å²) in [6.07, 6.45) is 2.43. The van der Waals surface area contributed by atoms with Gasteiger partial charge in [-0.2, -0.15) is 0 Å². The molecule has 1 N–H and O–H groups in total. The number of nitrogens with one attached hydrogen (secondary N) is 1. The molecule has 0 saturated carbocycles. The molecule has 0 bridgehead atoms. The average Bonchev–Trinajstić information content (AvgIpc) is 2.66. The maximum Gasteiger partial charge on any atom is 0.272 e. The van der Waals surface area contributed by atoms with Crippen LogP contribution in [0.4, 0.5) is 5.82 Å². The second kappa shape index (κ2) is 7.96. The van der Waals surface area contributed by atoms with E-state index in [0.29, 0.717) is 18.2 Å². The molecular formula is C19H24N4O2. The smallest absolute Gasteiger partial charge is 0.272 e.